The summed E-state index contributed by atoms with van der Waals surface area (Å²) >= 11 is 0. The molecule has 2 aromatic heterocycles. The van der Waals surface area contributed by atoms with Crippen LogP contribution in [0, 0.1) is 0 Å². The van der Waals surface area contributed by atoms with Crippen molar-refractivity contribution in [3.63, 3.8) is 0 Å². The fourth-order valence-corrected chi connectivity index (χ4v) is 3.51. The second-order valence-corrected chi connectivity index (χ2v) is 6.87. The molecule has 142 valence electrons. The quantitative estimate of drug-likeness (QED) is 0.662. The number of fused-ring (bicyclic) bond motifs is 1. The van der Waals surface area contributed by atoms with Gasteiger partial charge in [0.2, 0.25) is 0 Å². The van der Waals surface area contributed by atoms with Crippen molar-refractivity contribution in [2.24, 2.45) is 14.1 Å². The molecule has 1 aromatic carbocycles. The first-order valence-corrected chi connectivity index (χ1v) is 9.05. The van der Waals surface area contributed by atoms with Gasteiger partial charge in [0, 0.05) is 33.7 Å². The average molecular weight is 369 g/mol. The molecule has 3 heterocycles. The Labute approximate surface area is 156 Å². The molecule has 27 heavy (non-hydrogen) atoms. The van der Waals surface area contributed by atoms with Crippen LogP contribution in [0.25, 0.3) is 11.2 Å². The van der Waals surface area contributed by atoms with E-state index in [4.69, 9.17) is 9.72 Å². The highest BCUT2D eigenvalue weighted by Gasteiger charge is 2.21. The van der Waals surface area contributed by atoms with Crippen LogP contribution in [0.15, 0.2) is 39.9 Å². The zero-order valence-corrected chi connectivity index (χ0v) is 15.6. The predicted octanol–water partition coefficient (Wildman–Crippen LogP) is 0.314. The topological polar surface area (TPSA) is 74.3 Å². The summed E-state index contributed by atoms with van der Waals surface area (Å²) in [5.41, 5.74) is 1.30. The molecule has 1 saturated heterocycles. The van der Waals surface area contributed by atoms with Gasteiger partial charge in [-0.1, -0.05) is 30.3 Å². The van der Waals surface area contributed by atoms with E-state index in [-0.39, 0.29) is 11.2 Å². The van der Waals surface area contributed by atoms with Crippen molar-refractivity contribution in [2.45, 2.75) is 13.1 Å². The van der Waals surface area contributed by atoms with Crippen LogP contribution in [0.2, 0.25) is 0 Å². The Kier molecular flexibility index (Phi) is 4.67. The van der Waals surface area contributed by atoms with Crippen LogP contribution in [0.1, 0.15) is 11.4 Å². The van der Waals surface area contributed by atoms with Gasteiger partial charge in [0.05, 0.1) is 19.8 Å². The van der Waals surface area contributed by atoms with Crippen molar-refractivity contribution in [3.05, 3.63) is 62.6 Å². The number of aryl methyl sites for hydroxylation is 1. The minimum Gasteiger partial charge on any atom is -0.379 e. The van der Waals surface area contributed by atoms with Gasteiger partial charge in [-0.2, -0.15) is 0 Å². The molecule has 0 atom stereocenters. The lowest BCUT2D eigenvalue weighted by atomic mass is 10.2. The number of aromatic nitrogens is 4. The first-order valence-electron chi connectivity index (χ1n) is 9.05. The molecule has 8 nitrogen and oxygen atoms in total. The van der Waals surface area contributed by atoms with Crippen molar-refractivity contribution in [3.8, 4) is 0 Å². The summed E-state index contributed by atoms with van der Waals surface area (Å²) in [6.07, 6.45) is 0. The molecule has 0 spiro atoms. The minimum atomic E-state index is -0.366. The summed E-state index contributed by atoms with van der Waals surface area (Å²) in [6, 6.07) is 9.97. The monoisotopic (exact) mass is 369 g/mol. The third kappa shape index (κ3) is 3.22. The number of benzene rings is 1. The van der Waals surface area contributed by atoms with Gasteiger partial charge in [0.25, 0.3) is 5.56 Å². The van der Waals surface area contributed by atoms with Crippen molar-refractivity contribution in [1.82, 2.24) is 23.6 Å². The maximum absolute atomic E-state index is 12.9. The van der Waals surface area contributed by atoms with Gasteiger partial charge in [-0.3, -0.25) is 18.8 Å². The highest BCUT2D eigenvalue weighted by atomic mass is 16.5. The maximum Gasteiger partial charge on any atom is 0.332 e. The maximum atomic E-state index is 12.9. The van der Waals surface area contributed by atoms with Crippen LogP contribution in [0.3, 0.4) is 0 Å². The Balaban J connectivity index is 1.88. The van der Waals surface area contributed by atoms with E-state index in [2.05, 4.69) is 4.90 Å². The van der Waals surface area contributed by atoms with E-state index in [1.165, 1.54) is 11.6 Å². The van der Waals surface area contributed by atoms with E-state index < -0.39 is 0 Å². The first kappa shape index (κ1) is 17.7. The Morgan fingerprint density at radius 3 is 2.41 bits per heavy atom. The summed E-state index contributed by atoms with van der Waals surface area (Å²) < 4.78 is 9.96. The van der Waals surface area contributed by atoms with Gasteiger partial charge in [0.1, 0.15) is 5.82 Å². The number of nitrogens with zero attached hydrogens (tertiary/aromatic N) is 5. The standard InChI is InChI=1S/C19H23N5O3/c1-21-17-16(18(25)22(2)19(21)26)24(12-14-6-4-3-5-7-14)15(20-17)13-23-8-10-27-11-9-23/h3-7H,8-13H2,1-2H3. The van der Waals surface area contributed by atoms with Crippen molar-refractivity contribution in [1.29, 1.82) is 0 Å². The smallest absolute Gasteiger partial charge is 0.332 e. The Morgan fingerprint density at radius 2 is 1.70 bits per heavy atom. The van der Waals surface area contributed by atoms with Gasteiger partial charge in [-0.25, -0.2) is 9.78 Å². The summed E-state index contributed by atoms with van der Waals surface area (Å²) in [6.45, 7) is 4.18. The normalized spacial score (nSPS) is 15.5. The number of imidazole rings is 1. The molecule has 1 aliphatic rings. The van der Waals surface area contributed by atoms with Crippen LogP contribution >= 0.6 is 0 Å². The highest BCUT2D eigenvalue weighted by Crippen LogP contribution is 2.16. The zero-order valence-electron chi connectivity index (χ0n) is 15.6. The highest BCUT2D eigenvalue weighted by molar-refractivity contribution is 5.71. The Hall–Kier alpha value is -2.71. The number of morpholine rings is 1. The summed E-state index contributed by atoms with van der Waals surface area (Å²) in [4.78, 5) is 32.1. The van der Waals surface area contributed by atoms with Crippen LogP contribution in [0.4, 0.5) is 0 Å². The lowest BCUT2D eigenvalue weighted by molar-refractivity contribution is 0.0327. The number of rotatable bonds is 4. The molecule has 4 rings (SSSR count). The van der Waals surface area contributed by atoms with E-state index in [1.54, 1.807) is 7.05 Å². The molecule has 0 aliphatic carbocycles. The molecule has 0 radical (unpaired) electrons. The Bertz CT molecular complexity index is 1070. The molecule has 0 unspecified atom stereocenters. The zero-order chi connectivity index (χ0) is 19.0. The van der Waals surface area contributed by atoms with Crippen LogP contribution < -0.4 is 11.2 Å². The van der Waals surface area contributed by atoms with Crippen molar-refractivity contribution >= 4 is 11.2 Å². The number of hydrogen-bond acceptors (Lipinski definition) is 5. The largest absolute Gasteiger partial charge is 0.379 e. The van der Waals surface area contributed by atoms with Crippen LogP contribution in [-0.4, -0.2) is 49.9 Å². The first-order chi connectivity index (χ1) is 13.1. The minimum absolute atomic E-state index is 0.315. The fourth-order valence-electron chi connectivity index (χ4n) is 3.51. The third-order valence-electron chi connectivity index (χ3n) is 5.08. The van der Waals surface area contributed by atoms with Crippen LogP contribution in [-0.2, 0) is 31.9 Å². The molecule has 0 bridgehead atoms. The molecule has 1 fully saturated rings. The lowest BCUT2D eigenvalue weighted by Gasteiger charge is -2.26. The van der Waals surface area contributed by atoms with Crippen LogP contribution in [0.5, 0.6) is 0 Å². The van der Waals surface area contributed by atoms with E-state index in [0.717, 1.165) is 29.0 Å². The lowest BCUT2D eigenvalue weighted by Crippen LogP contribution is -2.38. The van der Waals surface area contributed by atoms with E-state index in [9.17, 15) is 9.59 Å². The summed E-state index contributed by atoms with van der Waals surface area (Å²) in [5, 5.41) is 0. The van der Waals surface area contributed by atoms with Gasteiger partial charge >= 0.3 is 5.69 Å². The average Bonchev–Trinajstić information content (AvgIpc) is 3.04. The molecule has 3 aromatic rings. The fraction of sp³-hybridized carbons (Fsp3) is 0.421. The van der Waals surface area contributed by atoms with Crippen molar-refractivity contribution < 1.29 is 4.74 Å². The Morgan fingerprint density at radius 1 is 1.00 bits per heavy atom. The molecule has 0 saturated carbocycles. The molecule has 0 N–H and O–H groups in total. The van der Waals surface area contributed by atoms with Crippen molar-refractivity contribution in [2.75, 3.05) is 26.3 Å². The van der Waals surface area contributed by atoms with Gasteiger partial charge in [-0.15, -0.1) is 0 Å². The molecule has 0 amide bonds. The molecular formula is C19H23N5O3. The molecule has 1 aliphatic heterocycles. The molecule has 8 heteroatoms. The number of hydrogen-bond donors (Lipinski definition) is 0. The van der Waals surface area contributed by atoms with E-state index >= 15 is 0 Å². The van der Waals surface area contributed by atoms with E-state index in [0.29, 0.717) is 37.5 Å². The van der Waals surface area contributed by atoms with Gasteiger partial charge < -0.3 is 9.30 Å². The summed E-state index contributed by atoms with van der Waals surface area (Å²) in [5.74, 6) is 0.786. The van der Waals surface area contributed by atoms with Gasteiger partial charge in [-0.05, 0) is 5.56 Å². The SMILES string of the molecule is Cn1c(=O)c2c(nc(CN3CCOCC3)n2Cc2ccccc2)n(C)c1=O. The number of ether oxygens (including phenoxy) is 1. The van der Waals surface area contributed by atoms with E-state index in [1.807, 2.05) is 34.9 Å². The second kappa shape index (κ2) is 7.13. The summed E-state index contributed by atoms with van der Waals surface area (Å²) in [7, 11) is 3.16. The predicted molar refractivity (Wildman–Crippen MR) is 102 cm³/mol. The second-order valence-electron chi connectivity index (χ2n) is 6.87. The molecular weight excluding hydrogens is 346 g/mol. The third-order valence-corrected chi connectivity index (χ3v) is 5.08. The van der Waals surface area contributed by atoms with Gasteiger partial charge in [0.15, 0.2) is 11.2 Å².